The quantitative estimate of drug-likeness (QED) is 0.723. The molecule has 1 unspecified atom stereocenters. The van der Waals surface area contributed by atoms with E-state index in [1.54, 1.807) is 7.11 Å². The number of hydrogen-bond acceptors (Lipinski definition) is 3. The van der Waals surface area contributed by atoms with Crippen molar-refractivity contribution in [1.82, 2.24) is 4.90 Å². The molecule has 0 spiro atoms. The number of hydrogen-bond donors (Lipinski definition) is 1. The maximum atomic E-state index is 5.59. The molecule has 0 radical (unpaired) electrons. The average molecular weight is 228 g/mol. The molecule has 0 aliphatic carbocycles. The van der Waals surface area contributed by atoms with Crippen LogP contribution in [0.15, 0.2) is 0 Å². The monoisotopic (exact) mass is 228 g/mol. The molecule has 1 heterocycles. The fourth-order valence-corrected chi connectivity index (χ4v) is 2.64. The van der Waals surface area contributed by atoms with E-state index in [1.165, 1.54) is 38.8 Å². The topological polar surface area (TPSA) is 38.5 Å². The Morgan fingerprint density at radius 1 is 1.38 bits per heavy atom. The SMILES string of the molecule is CCC1CCN(C(CCCN)COC)CC1. The number of likely N-dealkylation sites (tertiary alicyclic amines) is 1. The Balaban J connectivity index is 2.33. The smallest absolute Gasteiger partial charge is 0.0618 e. The van der Waals surface area contributed by atoms with Gasteiger partial charge in [-0.15, -0.1) is 0 Å². The summed E-state index contributed by atoms with van der Waals surface area (Å²) in [5.41, 5.74) is 5.59. The van der Waals surface area contributed by atoms with E-state index in [1.807, 2.05) is 0 Å². The Labute approximate surface area is 100 Å². The maximum Gasteiger partial charge on any atom is 0.0618 e. The van der Waals surface area contributed by atoms with Crippen LogP contribution in [0.3, 0.4) is 0 Å². The normalized spacial score (nSPS) is 21.2. The van der Waals surface area contributed by atoms with Crippen LogP contribution in [0.4, 0.5) is 0 Å². The minimum absolute atomic E-state index is 0.589. The van der Waals surface area contributed by atoms with Gasteiger partial charge in [0.1, 0.15) is 0 Å². The van der Waals surface area contributed by atoms with Gasteiger partial charge < -0.3 is 10.5 Å². The number of nitrogens with two attached hydrogens (primary N) is 1. The van der Waals surface area contributed by atoms with Gasteiger partial charge in [0.05, 0.1) is 6.61 Å². The van der Waals surface area contributed by atoms with Crippen LogP contribution in [0.5, 0.6) is 0 Å². The molecule has 0 bridgehead atoms. The van der Waals surface area contributed by atoms with Crippen LogP contribution in [0.25, 0.3) is 0 Å². The lowest BCUT2D eigenvalue weighted by atomic mass is 9.93. The number of nitrogens with zero attached hydrogens (tertiary/aromatic N) is 1. The molecule has 16 heavy (non-hydrogen) atoms. The highest BCUT2D eigenvalue weighted by Crippen LogP contribution is 2.22. The Hall–Kier alpha value is -0.120. The van der Waals surface area contributed by atoms with Crippen LogP contribution >= 0.6 is 0 Å². The molecule has 3 nitrogen and oxygen atoms in total. The van der Waals surface area contributed by atoms with E-state index in [0.717, 1.165) is 25.5 Å². The summed E-state index contributed by atoms with van der Waals surface area (Å²) in [4.78, 5) is 2.60. The fraction of sp³-hybridized carbons (Fsp3) is 1.00. The van der Waals surface area contributed by atoms with Gasteiger partial charge in [0.15, 0.2) is 0 Å². The molecular weight excluding hydrogens is 200 g/mol. The zero-order chi connectivity index (χ0) is 11.8. The zero-order valence-corrected chi connectivity index (χ0v) is 11.0. The van der Waals surface area contributed by atoms with Crippen LogP contribution in [0.1, 0.15) is 39.0 Å². The lowest BCUT2D eigenvalue weighted by molar-refractivity contribution is 0.0591. The summed E-state index contributed by atoms with van der Waals surface area (Å²) >= 11 is 0. The van der Waals surface area contributed by atoms with Crippen molar-refractivity contribution in [3.05, 3.63) is 0 Å². The Kier molecular flexibility index (Phi) is 7.01. The van der Waals surface area contributed by atoms with Crippen LogP contribution < -0.4 is 5.73 Å². The van der Waals surface area contributed by atoms with Gasteiger partial charge in [-0.1, -0.05) is 13.3 Å². The molecule has 0 aromatic heterocycles. The highest BCUT2D eigenvalue weighted by Gasteiger charge is 2.23. The van der Waals surface area contributed by atoms with E-state index in [2.05, 4.69) is 11.8 Å². The van der Waals surface area contributed by atoms with E-state index in [9.17, 15) is 0 Å². The van der Waals surface area contributed by atoms with Crippen molar-refractivity contribution in [3.8, 4) is 0 Å². The summed E-state index contributed by atoms with van der Waals surface area (Å²) in [7, 11) is 1.80. The second-order valence-electron chi connectivity index (χ2n) is 4.93. The van der Waals surface area contributed by atoms with E-state index in [-0.39, 0.29) is 0 Å². The summed E-state index contributed by atoms with van der Waals surface area (Å²) in [5.74, 6) is 0.953. The van der Waals surface area contributed by atoms with E-state index < -0.39 is 0 Å². The zero-order valence-electron chi connectivity index (χ0n) is 11.0. The molecule has 1 atom stereocenters. The minimum atomic E-state index is 0.589. The molecule has 0 amide bonds. The molecule has 1 saturated heterocycles. The number of methoxy groups -OCH3 is 1. The van der Waals surface area contributed by atoms with Crippen molar-refractivity contribution in [2.75, 3.05) is 33.4 Å². The molecule has 2 N–H and O–H groups in total. The number of piperidine rings is 1. The molecule has 96 valence electrons. The summed E-state index contributed by atoms with van der Waals surface area (Å²) < 4.78 is 5.32. The molecule has 1 aliphatic heterocycles. The Bertz CT molecular complexity index is 167. The first-order chi connectivity index (χ1) is 7.81. The third-order valence-electron chi connectivity index (χ3n) is 3.84. The standard InChI is InChI=1S/C13H28N2O/c1-3-12-6-9-15(10-7-12)13(11-16-2)5-4-8-14/h12-13H,3-11,14H2,1-2H3. The van der Waals surface area contributed by atoms with E-state index in [0.29, 0.717) is 6.04 Å². The van der Waals surface area contributed by atoms with E-state index >= 15 is 0 Å². The van der Waals surface area contributed by atoms with Gasteiger partial charge in [0, 0.05) is 13.2 Å². The summed E-state index contributed by atoms with van der Waals surface area (Å²) in [6.07, 6.45) is 6.35. The lowest BCUT2D eigenvalue weighted by Crippen LogP contribution is -2.43. The Morgan fingerprint density at radius 2 is 2.06 bits per heavy atom. The lowest BCUT2D eigenvalue weighted by Gasteiger charge is -2.37. The van der Waals surface area contributed by atoms with Gasteiger partial charge in [-0.25, -0.2) is 0 Å². The van der Waals surface area contributed by atoms with Crippen LogP contribution in [0, 0.1) is 5.92 Å². The average Bonchev–Trinajstić information content (AvgIpc) is 2.35. The highest BCUT2D eigenvalue weighted by molar-refractivity contribution is 4.78. The molecule has 1 aliphatic rings. The van der Waals surface area contributed by atoms with Crippen molar-refractivity contribution >= 4 is 0 Å². The minimum Gasteiger partial charge on any atom is -0.383 e. The molecule has 3 heteroatoms. The van der Waals surface area contributed by atoms with Gasteiger partial charge in [-0.3, -0.25) is 4.90 Å². The van der Waals surface area contributed by atoms with Crippen molar-refractivity contribution < 1.29 is 4.74 Å². The molecule has 0 aromatic carbocycles. The third-order valence-corrected chi connectivity index (χ3v) is 3.84. The maximum absolute atomic E-state index is 5.59. The highest BCUT2D eigenvalue weighted by atomic mass is 16.5. The fourth-order valence-electron chi connectivity index (χ4n) is 2.64. The first-order valence-electron chi connectivity index (χ1n) is 6.74. The molecule has 0 aromatic rings. The van der Waals surface area contributed by atoms with Crippen molar-refractivity contribution in [2.45, 2.75) is 45.1 Å². The molecule has 0 saturated carbocycles. The molecule has 1 fully saturated rings. The molecule has 1 rings (SSSR count). The summed E-state index contributed by atoms with van der Waals surface area (Å²) in [5, 5.41) is 0. The Morgan fingerprint density at radius 3 is 2.56 bits per heavy atom. The van der Waals surface area contributed by atoms with Gasteiger partial charge in [0.2, 0.25) is 0 Å². The predicted octanol–water partition coefficient (Wildman–Crippen LogP) is 1.86. The first kappa shape index (κ1) is 13.9. The van der Waals surface area contributed by atoms with Gasteiger partial charge in [0.25, 0.3) is 0 Å². The number of rotatable bonds is 7. The van der Waals surface area contributed by atoms with Crippen molar-refractivity contribution in [2.24, 2.45) is 11.7 Å². The van der Waals surface area contributed by atoms with Crippen molar-refractivity contribution in [1.29, 1.82) is 0 Å². The van der Waals surface area contributed by atoms with Crippen LogP contribution in [0.2, 0.25) is 0 Å². The third kappa shape index (κ3) is 4.40. The summed E-state index contributed by atoms with van der Waals surface area (Å²) in [6, 6.07) is 0.589. The summed E-state index contributed by atoms with van der Waals surface area (Å²) in [6.45, 7) is 6.46. The van der Waals surface area contributed by atoms with Gasteiger partial charge in [-0.2, -0.15) is 0 Å². The van der Waals surface area contributed by atoms with Gasteiger partial charge in [-0.05, 0) is 51.2 Å². The number of ether oxygens (including phenoxy) is 1. The van der Waals surface area contributed by atoms with Crippen molar-refractivity contribution in [3.63, 3.8) is 0 Å². The van der Waals surface area contributed by atoms with Crippen LogP contribution in [-0.2, 0) is 4.74 Å². The van der Waals surface area contributed by atoms with Gasteiger partial charge >= 0.3 is 0 Å². The second-order valence-corrected chi connectivity index (χ2v) is 4.93. The first-order valence-corrected chi connectivity index (χ1v) is 6.74. The largest absolute Gasteiger partial charge is 0.383 e. The second kappa shape index (κ2) is 8.04. The predicted molar refractivity (Wildman–Crippen MR) is 68.5 cm³/mol. The van der Waals surface area contributed by atoms with Crippen LogP contribution in [-0.4, -0.2) is 44.3 Å². The van der Waals surface area contributed by atoms with E-state index in [4.69, 9.17) is 10.5 Å². The molecular formula is C13H28N2O.